The second kappa shape index (κ2) is 8.42. The van der Waals surface area contributed by atoms with Crippen molar-refractivity contribution in [2.45, 2.75) is 11.6 Å². The van der Waals surface area contributed by atoms with E-state index in [2.05, 4.69) is 20.5 Å². The van der Waals surface area contributed by atoms with E-state index in [4.69, 9.17) is 34.8 Å². The second-order valence-electron chi connectivity index (χ2n) is 4.90. The number of hydrogen-bond acceptors (Lipinski definition) is 5. The van der Waals surface area contributed by atoms with Crippen LogP contribution in [-0.2, 0) is 11.2 Å². The van der Waals surface area contributed by atoms with Gasteiger partial charge in [0.05, 0.1) is 21.5 Å². The molecule has 0 radical (unpaired) electrons. The molecule has 0 fully saturated rings. The highest BCUT2D eigenvalue weighted by Crippen LogP contribution is 2.33. The molecule has 0 unspecified atom stereocenters. The van der Waals surface area contributed by atoms with Crippen LogP contribution in [0.15, 0.2) is 34.8 Å². The van der Waals surface area contributed by atoms with Crippen LogP contribution >= 0.6 is 57.9 Å². The van der Waals surface area contributed by atoms with Crippen LogP contribution in [0.1, 0.15) is 10.7 Å². The molecule has 0 spiro atoms. The summed E-state index contributed by atoms with van der Waals surface area (Å²) in [5.41, 5.74) is 0.340. The summed E-state index contributed by atoms with van der Waals surface area (Å²) in [6.45, 7) is 0. The first-order valence-corrected chi connectivity index (χ1v) is 10.0. The molecule has 2 heterocycles. The number of rotatable bonds is 6. The van der Waals surface area contributed by atoms with Crippen LogP contribution in [0.25, 0.3) is 0 Å². The van der Waals surface area contributed by atoms with Crippen molar-refractivity contribution in [3.05, 3.63) is 55.4 Å². The lowest BCUT2D eigenvalue weighted by Crippen LogP contribution is -2.14. The maximum absolute atomic E-state index is 12.1. The van der Waals surface area contributed by atoms with Crippen molar-refractivity contribution in [3.63, 3.8) is 0 Å². The Morgan fingerprint density at radius 2 is 2.04 bits per heavy atom. The monoisotopic (exact) mass is 432 g/mol. The van der Waals surface area contributed by atoms with Crippen LogP contribution in [0.3, 0.4) is 0 Å². The molecular formula is C15H11Cl3N4OS2. The van der Waals surface area contributed by atoms with Crippen molar-refractivity contribution in [3.8, 4) is 0 Å². The summed E-state index contributed by atoms with van der Waals surface area (Å²) in [5, 5.41) is 13.1. The van der Waals surface area contributed by atoms with Crippen LogP contribution in [0.4, 0.5) is 5.69 Å². The maximum atomic E-state index is 12.1. The van der Waals surface area contributed by atoms with Crippen molar-refractivity contribution < 1.29 is 4.79 Å². The summed E-state index contributed by atoms with van der Waals surface area (Å²) in [7, 11) is 0. The Balaban J connectivity index is 1.55. The van der Waals surface area contributed by atoms with Gasteiger partial charge in [0.1, 0.15) is 5.82 Å². The summed E-state index contributed by atoms with van der Waals surface area (Å²) in [6.07, 6.45) is 0.688. The molecule has 2 aromatic heterocycles. The number of carbonyl (C=O) groups is 1. The fourth-order valence-electron chi connectivity index (χ4n) is 1.97. The molecule has 5 nitrogen and oxygen atoms in total. The molecule has 0 aliphatic rings. The van der Waals surface area contributed by atoms with Crippen molar-refractivity contribution in [2.24, 2.45) is 0 Å². The molecule has 3 rings (SSSR count). The van der Waals surface area contributed by atoms with Crippen LogP contribution in [-0.4, -0.2) is 26.8 Å². The number of aromatic nitrogens is 3. The molecule has 0 aliphatic carbocycles. The third-order valence-electron chi connectivity index (χ3n) is 3.04. The first-order valence-electron chi connectivity index (χ1n) is 7.02. The average Bonchev–Trinajstić information content (AvgIpc) is 3.21. The van der Waals surface area contributed by atoms with Crippen molar-refractivity contribution in [1.29, 1.82) is 0 Å². The third kappa shape index (κ3) is 5.12. The largest absolute Gasteiger partial charge is 0.323 e. The minimum atomic E-state index is -0.263. The van der Waals surface area contributed by atoms with Gasteiger partial charge in [-0.25, -0.2) is 4.98 Å². The lowest BCUT2D eigenvalue weighted by molar-refractivity contribution is -0.113. The van der Waals surface area contributed by atoms with Crippen LogP contribution in [0.2, 0.25) is 15.1 Å². The van der Waals surface area contributed by atoms with Crippen molar-refractivity contribution >= 4 is 69.5 Å². The van der Waals surface area contributed by atoms with Gasteiger partial charge in [-0.15, -0.1) is 16.4 Å². The third-order valence-corrected chi connectivity index (χ3v) is 5.57. The Hall–Kier alpha value is -1.25. The first kappa shape index (κ1) is 18.5. The molecule has 2 N–H and O–H groups in total. The number of amides is 1. The number of benzene rings is 1. The van der Waals surface area contributed by atoms with Crippen molar-refractivity contribution in [1.82, 2.24) is 15.2 Å². The highest BCUT2D eigenvalue weighted by Gasteiger charge is 2.13. The van der Waals surface area contributed by atoms with Gasteiger partial charge in [0, 0.05) is 16.3 Å². The van der Waals surface area contributed by atoms with Gasteiger partial charge in [-0.1, -0.05) is 52.6 Å². The molecule has 0 saturated carbocycles. The van der Waals surface area contributed by atoms with Crippen LogP contribution in [0, 0.1) is 0 Å². The zero-order chi connectivity index (χ0) is 17.8. The number of carbonyl (C=O) groups excluding carboxylic acids is 1. The quantitative estimate of drug-likeness (QED) is 0.527. The van der Waals surface area contributed by atoms with E-state index in [0.29, 0.717) is 22.3 Å². The lowest BCUT2D eigenvalue weighted by atomic mass is 10.3. The molecule has 130 valence electrons. The van der Waals surface area contributed by atoms with Gasteiger partial charge < -0.3 is 5.32 Å². The number of nitrogens with zero attached hydrogens (tertiary/aromatic N) is 2. The lowest BCUT2D eigenvalue weighted by Gasteiger charge is -2.09. The average molecular weight is 434 g/mol. The number of H-pyrrole nitrogens is 1. The summed E-state index contributed by atoms with van der Waals surface area (Å²) in [6, 6.07) is 7.06. The van der Waals surface area contributed by atoms with E-state index in [9.17, 15) is 4.79 Å². The molecule has 3 aromatic rings. The molecule has 1 amide bonds. The van der Waals surface area contributed by atoms with E-state index in [1.54, 1.807) is 11.3 Å². The van der Waals surface area contributed by atoms with E-state index >= 15 is 0 Å². The Kier molecular flexibility index (Phi) is 6.24. The summed E-state index contributed by atoms with van der Waals surface area (Å²) in [4.78, 5) is 17.6. The number of nitrogens with one attached hydrogen (secondary N) is 2. The van der Waals surface area contributed by atoms with Gasteiger partial charge in [-0.05, 0) is 23.6 Å². The predicted octanol–water partition coefficient (Wildman–Crippen LogP) is 5.15. The molecule has 0 aliphatic heterocycles. The number of thiophene rings is 1. The number of aromatic amines is 1. The van der Waals surface area contributed by atoms with Gasteiger partial charge in [0.2, 0.25) is 11.1 Å². The Morgan fingerprint density at radius 1 is 1.28 bits per heavy atom. The molecule has 0 saturated heterocycles. The summed E-state index contributed by atoms with van der Waals surface area (Å²) in [5.74, 6) is 0.626. The smallest absolute Gasteiger partial charge is 0.234 e. The van der Waals surface area contributed by atoms with Gasteiger partial charge in [-0.2, -0.15) is 0 Å². The number of hydrogen-bond donors (Lipinski definition) is 2. The fraction of sp³-hybridized carbons (Fsp3) is 0.133. The van der Waals surface area contributed by atoms with E-state index in [-0.39, 0.29) is 21.7 Å². The normalized spacial score (nSPS) is 10.8. The second-order valence-corrected chi connectivity index (χ2v) is 8.13. The topological polar surface area (TPSA) is 70.7 Å². The minimum absolute atomic E-state index is 0.131. The first-order chi connectivity index (χ1) is 12.0. The van der Waals surface area contributed by atoms with Crippen molar-refractivity contribution in [2.75, 3.05) is 11.1 Å². The fourth-order valence-corrected chi connectivity index (χ4v) is 4.20. The molecule has 25 heavy (non-hydrogen) atoms. The van der Waals surface area contributed by atoms with Crippen LogP contribution in [0.5, 0.6) is 0 Å². The van der Waals surface area contributed by atoms with Crippen LogP contribution < -0.4 is 5.32 Å². The maximum Gasteiger partial charge on any atom is 0.234 e. The Bertz CT molecular complexity index is 860. The van der Waals surface area contributed by atoms with Gasteiger partial charge in [0.25, 0.3) is 0 Å². The minimum Gasteiger partial charge on any atom is -0.323 e. The highest BCUT2D eigenvalue weighted by molar-refractivity contribution is 7.99. The predicted molar refractivity (Wildman–Crippen MR) is 104 cm³/mol. The molecule has 0 bridgehead atoms. The van der Waals surface area contributed by atoms with Gasteiger partial charge in [0.15, 0.2) is 0 Å². The van der Waals surface area contributed by atoms with Gasteiger partial charge in [-0.3, -0.25) is 9.89 Å². The standard InChI is InChI=1S/C15H11Cl3N4OS2/c16-8-4-10(17)14(11(18)5-8)20-13(23)7-25-15-19-12(21-22-15)6-9-2-1-3-24-9/h1-5H,6-7H2,(H,20,23)(H,19,21,22). The zero-order valence-corrected chi connectivity index (χ0v) is 16.5. The number of halogens is 3. The SMILES string of the molecule is O=C(CSc1n[nH]c(Cc2cccs2)n1)Nc1c(Cl)cc(Cl)cc1Cl. The molecule has 0 atom stereocenters. The van der Waals surface area contributed by atoms with Gasteiger partial charge >= 0.3 is 0 Å². The summed E-state index contributed by atoms with van der Waals surface area (Å²) < 4.78 is 0. The van der Waals surface area contributed by atoms with E-state index in [1.807, 2.05) is 17.5 Å². The number of anilines is 1. The zero-order valence-electron chi connectivity index (χ0n) is 12.6. The highest BCUT2D eigenvalue weighted by atomic mass is 35.5. The Morgan fingerprint density at radius 3 is 2.72 bits per heavy atom. The molecular weight excluding hydrogens is 423 g/mol. The summed E-state index contributed by atoms with van der Waals surface area (Å²) >= 11 is 20.8. The number of thioether (sulfide) groups is 1. The van der Waals surface area contributed by atoms with E-state index in [1.165, 1.54) is 28.8 Å². The molecule has 1 aromatic carbocycles. The van der Waals surface area contributed by atoms with E-state index in [0.717, 1.165) is 5.82 Å². The Labute approximate surface area is 167 Å². The molecule has 10 heteroatoms. The van der Waals surface area contributed by atoms with E-state index < -0.39 is 0 Å².